The predicted molar refractivity (Wildman–Crippen MR) is 71.5 cm³/mol. The Morgan fingerprint density at radius 2 is 2.38 bits per heavy atom. The van der Waals surface area contributed by atoms with Crippen LogP contribution in [0.1, 0.15) is 23.4 Å². The van der Waals surface area contributed by atoms with Gasteiger partial charge in [-0.25, -0.2) is 0 Å². The van der Waals surface area contributed by atoms with Crippen molar-refractivity contribution in [1.29, 1.82) is 0 Å². The van der Waals surface area contributed by atoms with E-state index >= 15 is 0 Å². The highest BCUT2D eigenvalue weighted by Gasteiger charge is 2.05. The van der Waals surface area contributed by atoms with Crippen LogP contribution in [0.4, 0.5) is 0 Å². The van der Waals surface area contributed by atoms with Gasteiger partial charge < -0.3 is 5.32 Å². The summed E-state index contributed by atoms with van der Waals surface area (Å²) in [6, 6.07) is 6.71. The minimum Gasteiger partial charge on any atom is -0.305 e. The Morgan fingerprint density at radius 1 is 1.50 bits per heavy atom. The van der Waals surface area contributed by atoms with Gasteiger partial charge in [0.1, 0.15) is 0 Å². The van der Waals surface area contributed by atoms with Gasteiger partial charge in [-0.3, -0.25) is 4.98 Å². The summed E-state index contributed by atoms with van der Waals surface area (Å²) >= 11 is 5.20. The lowest BCUT2D eigenvalue weighted by molar-refractivity contribution is 0.582. The SMILES string of the molecule is C[C@@H](NCc1cncc(Br)c1)c1cccs1. The van der Waals surface area contributed by atoms with Gasteiger partial charge in [-0.15, -0.1) is 11.3 Å². The second-order valence-electron chi connectivity index (χ2n) is 3.63. The molecule has 2 aromatic heterocycles. The molecule has 0 radical (unpaired) electrons. The molecule has 0 saturated carbocycles. The van der Waals surface area contributed by atoms with Crippen molar-refractivity contribution in [3.05, 3.63) is 50.9 Å². The van der Waals surface area contributed by atoms with Crippen LogP contribution in [0.3, 0.4) is 0 Å². The van der Waals surface area contributed by atoms with Crippen LogP contribution in [-0.4, -0.2) is 4.98 Å². The molecule has 4 heteroatoms. The maximum absolute atomic E-state index is 4.14. The van der Waals surface area contributed by atoms with E-state index in [-0.39, 0.29) is 0 Å². The molecule has 0 amide bonds. The molecule has 2 nitrogen and oxygen atoms in total. The lowest BCUT2D eigenvalue weighted by atomic mass is 10.2. The number of nitrogens with one attached hydrogen (secondary N) is 1. The molecule has 84 valence electrons. The quantitative estimate of drug-likeness (QED) is 0.929. The molecule has 0 fully saturated rings. The van der Waals surface area contributed by atoms with Gasteiger partial charge in [0.2, 0.25) is 0 Å². The summed E-state index contributed by atoms with van der Waals surface area (Å²) in [7, 11) is 0. The zero-order valence-corrected chi connectivity index (χ0v) is 11.4. The van der Waals surface area contributed by atoms with Crippen molar-refractivity contribution in [2.75, 3.05) is 0 Å². The third kappa shape index (κ3) is 3.14. The van der Waals surface area contributed by atoms with E-state index in [0.717, 1.165) is 11.0 Å². The first-order valence-electron chi connectivity index (χ1n) is 5.12. The lowest BCUT2D eigenvalue weighted by Gasteiger charge is -2.11. The topological polar surface area (TPSA) is 24.9 Å². The van der Waals surface area contributed by atoms with Gasteiger partial charge in [0, 0.05) is 34.3 Å². The van der Waals surface area contributed by atoms with Gasteiger partial charge in [0.15, 0.2) is 0 Å². The lowest BCUT2D eigenvalue weighted by Crippen LogP contribution is -2.17. The molecule has 0 saturated heterocycles. The number of thiophene rings is 1. The Kier molecular flexibility index (Phi) is 4.09. The molecule has 2 rings (SSSR count). The van der Waals surface area contributed by atoms with E-state index in [1.54, 1.807) is 17.5 Å². The number of pyridine rings is 1. The smallest absolute Gasteiger partial charge is 0.0410 e. The summed E-state index contributed by atoms with van der Waals surface area (Å²) in [4.78, 5) is 5.50. The minimum atomic E-state index is 0.388. The van der Waals surface area contributed by atoms with Crippen LogP contribution < -0.4 is 5.32 Å². The van der Waals surface area contributed by atoms with E-state index < -0.39 is 0 Å². The Labute approximate surface area is 108 Å². The number of hydrogen-bond acceptors (Lipinski definition) is 3. The van der Waals surface area contributed by atoms with Crippen LogP contribution in [0.25, 0.3) is 0 Å². The number of aromatic nitrogens is 1. The molecule has 0 aliphatic carbocycles. The van der Waals surface area contributed by atoms with Crippen molar-refractivity contribution < 1.29 is 0 Å². The summed E-state index contributed by atoms with van der Waals surface area (Å²) in [6.45, 7) is 3.02. The molecular weight excluding hydrogens is 284 g/mol. The Balaban J connectivity index is 1.92. The van der Waals surface area contributed by atoms with Gasteiger partial charge in [-0.1, -0.05) is 6.07 Å². The van der Waals surface area contributed by atoms with Crippen molar-refractivity contribution in [2.24, 2.45) is 0 Å². The molecule has 0 bridgehead atoms. The molecule has 16 heavy (non-hydrogen) atoms. The minimum absolute atomic E-state index is 0.388. The monoisotopic (exact) mass is 296 g/mol. The van der Waals surface area contributed by atoms with Crippen molar-refractivity contribution in [2.45, 2.75) is 19.5 Å². The highest BCUT2D eigenvalue weighted by Crippen LogP contribution is 2.18. The van der Waals surface area contributed by atoms with Gasteiger partial charge in [-0.05, 0) is 45.9 Å². The predicted octanol–water partition coefficient (Wildman–Crippen LogP) is 3.76. The van der Waals surface area contributed by atoms with Crippen molar-refractivity contribution in [3.63, 3.8) is 0 Å². The molecule has 0 aromatic carbocycles. The summed E-state index contributed by atoms with van der Waals surface area (Å²) < 4.78 is 1.02. The Morgan fingerprint density at radius 3 is 3.06 bits per heavy atom. The molecule has 0 unspecified atom stereocenters. The van der Waals surface area contributed by atoms with Crippen LogP contribution in [0.2, 0.25) is 0 Å². The van der Waals surface area contributed by atoms with Crippen molar-refractivity contribution in [1.82, 2.24) is 10.3 Å². The summed E-state index contributed by atoms with van der Waals surface area (Å²) in [5.74, 6) is 0. The summed E-state index contributed by atoms with van der Waals surface area (Å²) in [6.07, 6.45) is 3.69. The highest BCUT2D eigenvalue weighted by atomic mass is 79.9. The molecular formula is C12H13BrN2S. The summed E-state index contributed by atoms with van der Waals surface area (Å²) in [5.41, 5.74) is 1.19. The van der Waals surface area contributed by atoms with Gasteiger partial charge in [0.05, 0.1) is 0 Å². The fourth-order valence-corrected chi connectivity index (χ4v) is 2.63. The van der Waals surface area contributed by atoms with Crippen LogP contribution in [0.5, 0.6) is 0 Å². The van der Waals surface area contributed by atoms with Gasteiger partial charge >= 0.3 is 0 Å². The van der Waals surface area contributed by atoms with Crippen LogP contribution in [-0.2, 0) is 6.54 Å². The van der Waals surface area contributed by atoms with Gasteiger partial charge in [0.25, 0.3) is 0 Å². The maximum atomic E-state index is 4.14. The third-order valence-electron chi connectivity index (χ3n) is 2.34. The Hall–Kier alpha value is -0.710. The van der Waals surface area contributed by atoms with E-state index in [4.69, 9.17) is 0 Å². The molecule has 2 heterocycles. The van der Waals surface area contributed by atoms with Crippen LogP contribution in [0, 0.1) is 0 Å². The first-order valence-corrected chi connectivity index (χ1v) is 6.79. The number of hydrogen-bond donors (Lipinski definition) is 1. The number of halogens is 1. The Bertz CT molecular complexity index is 442. The van der Waals surface area contributed by atoms with Crippen molar-refractivity contribution in [3.8, 4) is 0 Å². The first-order chi connectivity index (χ1) is 7.75. The summed E-state index contributed by atoms with van der Waals surface area (Å²) in [5, 5.41) is 5.58. The van der Waals surface area contributed by atoms with E-state index in [0.29, 0.717) is 6.04 Å². The first kappa shape index (κ1) is 11.8. The van der Waals surface area contributed by atoms with Crippen molar-refractivity contribution >= 4 is 27.3 Å². The molecule has 0 spiro atoms. The number of nitrogens with zero attached hydrogens (tertiary/aromatic N) is 1. The fraction of sp³-hybridized carbons (Fsp3) is 0.250. The zero-order valence-electron chi connectivity index (χ0n) is 8.98. The van der Waals surface area contributed by atoms with E-state index in [1.807, 2.05) is 6.20 Å². The number of rotatable bonds is 4. The molecule has 0 aliphatic heterocycles. The maximum Gasteiger partial charge on any atom is 0.0410 e. The van der Waals surface area contributed by atoms with Gasteiger partial charge in [-0.2, -0.15) is 0 Å². The largest absolute Gasteiger partial charge is 0.305 e. The van der Waals surface area contributed by atoms with E-state index in [2.05, 4.69) is 56.7 Å². The second kappa shape index (κ2) is 5.57. The van der Waals surface area contributed by atoms with Crippen LogP contribution >= 0.6 is 27.3 Å². The van der Waals surface area contributed by atoms with Crippen LogP contribution in [0.15, 0.2) is 40.4 Å². The average molecular weight is 297 g/mol. The zero-order chi connectivity index (χ0) is 11.4. The van der Waals surface area contributed by atoms with E-state index in [9.17, 15) is 0 Å². The standard InChI is InChI=1S/C12H13BrN2S/c1-9(12-3-2-4-16-12)15-7-10-5-11(13)8-14-6-10/h2-6,8-9,15H,7H2,1H3/t9-/m1/s1. The second-order valence-corrected chi connectivity index (χ2v) is 5.52. The van der Waals surface area contributed by atoms with E-state index in [1.165, 1.54) is 10.4 Å². The molecule has 1 N–H and O–H groups in total. The average Bonchev–Trinajstić information content (AvgIpc) is 2.79. The highest BCUT2D eigenvalue weighted by molar-refractivity contribution is 9.10. The normalized spacial score (nSPS) is 12.6. The molecule has 0 aliphatic rings. The molecule has 1 atom stereocenters. The third-order valence-corrected chi connectivity index (χ3v) is 3.83. The molecule has 2 aromatic rings. The fourth-order valence-electron chi connectivity index (χ4n) is 1.46.